The molecule has 2 nitrogen and oxygen atoms in total. The maximum absolute atomic E-state index is 11.8. The summed E-state index contributed by atoms with van der Waals surface area (Å²) < 4.78 is 0. The molecule has 0 heterocycles. The number of hydrogen-bond donors (Lipinski definition) is 1. The summed E-state index contributed by atoms with van der Waals surface area (Å²) in [7, 11) is 0. The molecule has 0 radical (unpaired) electrons. The van der Waals surface area contributed by atoms with Gasteiger partial charge in [0.25, 0.3) is 0 Å². The minimum Gasteiger partial charge on any atom is -0.356 e. The van der Waals surface area contributed by atoms with Crippen molar-refractivity contribution in [2.75, 3.05) is 6.54 Å². The van der Waals surface area contributed by atoms with Crippen molar-refractivity contribution < 1.29 is 4.79 Å². The van der Waals surface area contributed by atoms with Crippen molar-refractivity contribution in [3.63, 3.8) is 0 Å². The van der Waals surface area contributed by atoms with Gasteiger partial charge in [-0.05, 0) is 19.3 Å². The Bertz CT molecular complexity index is 171. The molecular formula is C13H25NO. The number of amides is 1. The van der Waals surface area contributed by atoms with Crippen molar-refractivity contribution in [2.24, 2.45) is 5.92 Å². The van der Waals surface area contributed by atoms with E-state index in [-0.39, 0.29) is 0 Å². The Labute approximate surface area is 93.8 Å². The van der Waals surface area contributed by atoms with E-state index in [9.17, 15) is 4.79 Å². The predicted octanol–water partition coefficient (Wildman–Crippen LogP) is 3.26. The molecule has 1 aliphatic rings. The van der Waals surface area contributed by atoms with E-state index < -0.39 is 0 Å². The molecule has 0 saturated heterocycles. The number of carbonyl (C=O) groups is 1. The first-order valence-corrected chi connectivity index (χ1v) is 6.62. The molecule has 1 aliphatic carbocycles. The molecule has 1 N–H and O–H groups in total. The monoisotopic (exact) mass is 211 g/mol. The lowest BCUT2D eigenvalue weighted by Crippen LogP contribution is -2.31. The predicted molar refractivity (Wildman–Crippen MR) is 63.7 cm³/mol. The quantitative estimate of drug-likeness (QED) is 0.549. The van der Waals surface area contributed by atoms with Crippen molar-refractivity contribution in [3.8, 4) is 0 Å². The van der Waals surface area contributed by atoms with Crippen LogP contribution in [0.15, 0.2) is 0 Å². The van der Waals surface area contributed by atoms with Crippen LogP contribution in [0.1, 0.15) is 64.7 Å². The molecule has 0 aromatic rings. The fourth-order valence-electron chi connectivity index (χ4n) is 2.27. The van der Waals surface area contributed by atoms with Crippen LogP contribution in [-0.4, -0.2) is 12.5 Å². The first kappa shape index (κ1) is 12.5. The van der Waals surface area contributed by atoms with Gasteiger partial charge in [0, 0.05) is 12.5 Å². The summed E-state index contributed by atoms with van der Waals surface area (Å²) in [5, 5.41) is 3.08. The smallest absolute Gasteiger partial charge is 0.223 e. The van der Waals surface area contributed by atoms with Gasteiger partial charge in [-0.15, -0.1) is 0 Å². The molecule has 1 saturated carbocycles. The van der Waals surface area contributed by atoms with E-state index in [1.807, 2.05) is 0 Å². The number of rotatable bonds is 5. The molecule has 1 rings (SSSR count). The van der Waals surface area contributed by atoms with E-state index in [2.05, 4.69) is 12.2 Å². The van der Waals surface area contributed by atoms with Gasteiger partial charge < -0.3 is 5.32 Å². The molecule has 0 bridgehead atoms. The number of hydrogen-bond acceptors (Lipinski definition) is 1. The highest BCUT2D eigenvalue weighted by Crippen LogP contribution is 2.22. The molecular weight excluding hydrogens is 186 g/mol. The molecule has 0 unspecified atom stereocenters. The van der Waals surface area contributed by atoms with Gasteiger partial charge in [0.15, 0.2) is 0 Å². The Morgan fingerprint density at radius 3 is 2.40 bits per heavy atom. The van der Waals surface area contributed by atoms with Gasteiger partial charge in [0.2, 0.25) is 5.91 Å². The van der Waals surface area contributed by atoms with E-state index in [1.54, 1.807) is 0 Å². The summed E-state index contributed by atoms with van der Waals surface area (Å²) >= 11 is 0. The lowest BCUT2D eigenvalue weighted by molar-refractivity contribution is -0.125. The Kier molecular flexibility index (Phi) is 6.45. The highest BCUT2D eigenvalue weighted by molar-refractivity contribution is 5.78. The molecule has 15 heavy (non-hydrogen) atoms. The first-order chi connectivity index (χ1) is 7.34. The average molecular weight is 211 g/mol. The molecule has 88 valence electrons. The van der Waals surface area contributed by atoms with Crippen LogP contribution in [0.5, 0.6) is 0 Å². The van der Waals surface area contributed by atoms with Crippen molar-refractivity contribution in [1.29, 1.82) is 0 Å². The lowest BCUT2D eigenvalue weighted by atomic mass is 9.99. The van der Waals surface area contributed by atoms with Crippen LogP contribution >= 0.6 is 0 Å². The second kappa shape index (κ2) is 7.72. The highest BCUT2D eigenvalue weighted by Gasteiger charge is 2.19. The van der Waals surface area contributed by atoms with Crippen LogP contribution in [0.3, 0.4) is 0 Å². The van der Waals surface area contributed by atoms with E-state index in [1.165, 1.54) is 38.5 Å². The summed E-state index contributed by atoms with van der Waals surface area (Å²) in [5.74, 6) is 0.627. The van der Waals surface area contributed by atoms with Crippen LogP contribution in [0.4, 0.5) is 0 Å². The van der Waals surface area contributed by atoms with E-state index in [0.29, 0.717) is 11.8 Å². The van der Waals surface area contributed by atoms with Crippen LogP contribution in [0.2, 0.25) is 0 Å². The molecule has 0 spiro atoms. The Hall–Kier alpha value is -0.530. The van der Waals surface area contributed by atoms with Gasteiger partial charge in [-0.2, -0.15) is 0 Å². The first-order valence-electron chi connectivity index (χ1n) is 6.62. The van der Waals surface area contributed by atoms with Gasteiger partial charge in [0.1, 0.15) is 0 Å². The summed E-state index contributed by atoms with van der Waals surface area (Å²) in [5.41, 5.74) is 0. The molecule has 1 fully saturated rings. The zero-order chi connectivity index (χ0) is 10.9. The van der Waals surface area contributed by atoms with Crippen molar-refractivity contribution in [1.82, 2.24) is 5.32 Å². The van der Waals surface area contributed by atoms with Crippen LogP contribution < -0.4 is 5.32 Å². The van der Waals surface area contributed by atoms with Gasteiger partial charge in [-0.25, -0.2) is 0 Å². The summed E-state index contributed by atoms with van der Waals surface area (Å²) in [6, 6.07) is 0. The summed E-state index contributed by atoms with van der Waals surface area (Å²) in [4.78, 5) is 11.8. The third kappa shape index (κ3) is 5.19. The van der Waals surface area contributed by atoms with Crippen LogP contribution in [0, 0.1) is 5.92 Å². The van der Waals surface area contributed by atoms with Crippen molar-refractivity contribution in [2.45, 2.75) is 64.7 Å². The number of nitrogens with one attached hydrogen (secondary N) is 1. The molecule has 1 amide bonds. The van der Waals surface area contributed by atoms with E-state index in [0.717, 1.165) is 25.8 Å². The van der Waals surface area contributed by atoms with Gasteiger partial charge in [-0.3, -0.25) is 4.79 Å². The minimum absolute atomic E-state index is 0.313. The second-order valence-corrected chi connectivity index (χ2v) is 4.69. The normalized spacial score (nSPS) is 18.5. The molecule has 0 atom stereocenters. The Morgan fingerprint density at radius 2 is 1.80 bits per heavy atom. The molecule has 0 aliphatic heterocycles. The highest BCUT2D eigenvalue weighted by atomic mass is 16.1. The van der Waals surface area contributed by atoms with Crippen molar-refractivity contribution in [3.05, 3.63) is 0 Å². The third-order valence-corrected chi connectivity index (χ3v) is 3.31. The fraction of sp³-hybridized carbons (Fsp3) is 0.923. The van der Waals surface area contributed by atoms with Gasteiger partial charge >= 0.3 is 0 Å². The molecule has 0 aromatic carbocycles. The van der Waals surface area contributed by atoms with E-state index in [4.69, 9.17) is 0 Å². The number of carbonyl (C=O) groups excluding carboxylic acids is 1. The maximum Gasteiger partial charge on any atom is 0.223 e. The zero-order valence-electron chi connectivity index (χ0n) is 10.1. The maximum atomic E-state index is 11.8. The lowest BCUT2D eigenvalue weighted by Gasteiger charge is -2.13. The van der Waals surface area contributed by atoms with Gasteiger partial charge in [-0.1, -0.05) is 45.4 Å². The largest absolute Gasteiger partial charge is 0.356 e. The summed E-state index contributed by atoms with van der Waals surface area (Å²) in [6.07, 6.45) is 10.9. The van der Waals surface area contributed by atoms with E-state index >= 15 is 0 Å². The SMILES string of the molecule is CCCCCNC(=O)C1CCCCCC1. The zero-order valence-corrected chi connectivity index (χ0v) is 10.1. The van der Waals surface area contributed by atoms with Crippen LogP contribution in [0.25, 0.3) is 0 Å². The standard InChI is InChI=1S/C13H25NO/c1-2-3-8-11-14-13(15)12-9-6-4-5-7-10-12/h12H,2-11H2,1H3,(H,14,15). The Balaban J connectivity index is 2.14. The minimum atomic E-state index is 0.313. The fourth-order valence-corrected chi connectivity index (χ4v) is 2.27. The molecule has 2 heteroatoms. The topological polar surface area (TPSA) is 29.1 Å². The van der Waals surface area contributed by atoms with Crippen molar-refractivity contribution >= 4 is 5.91 Å². The Morgan fingerprint density at radius 1 is 1.13 bits per heavy atom. The number of unbranched alkanes of at least 4 members (excludes halogenated alkanes) is 2. The van der Waals surface area contributed by atoms with Gasteiger partial charge in [0.05, 0.1) is 0 Å². The summed E-state index contributed by atoms with van der Waals surface area (Å²) in [6.45, 7) is 3.07. The van der Waals surface area contributed by atoms with Crippen LogP contribution in [-0.2, 0) is 4.79 Å². The second-order valence-electron chi connectivity index (χ2n) is 4.69. The molecule has 0 aromatic heterocycles. The average Bonchev–Trinajstić information content (AvgIpc) is 2.52. The third-order valence-electron chi connectivity index (χ3n) is 3.31.